The van der Waals surface area contributed by atoms with Gasteiger partial charge in [0.25, 0.3) is 0 Å². The van der Waals surface area contributed by atoms with E-state index in [9.17, 15) is 10.1 Å². The summed E-state index contributed by atoms with van der Waals surface area (Å²) >= 11 is 0. The van der Waals surface area contributed by atoms with E-state index in [1.54, 1.807) is 0 Å². The third-order valence-electron chi connectivity index (χ3n) is 6.24. The fourth-order valence-electron chi connectivity index (χ4n) is 4.57. The van der Waals surface area contributed by atoms with Crippen LogP contribution in [0.2, 0.25) is 0 Å². The topological polar surface area (TPSA) is 65.8 Å². The molecule has 0 aromatic heterocycles. The quantitative estimate of drug-likeness (QED) is 0.754. The van der Waals surface area contributed by atoms with E-state index in [4.69, 9.17) is 9.47 Å². The minimum Gasteiger partial charge on any atom is -0.461 e. The van der Waals surface area contributed by atoms with Crippen LogP contribution in [0.3, 0.4) is 0 Å². The van der Waals surface area contributed by atoms with Crippen molar-refractivity contribution in [1.29, 1.82) is 5.26 Å². The number of nitrogens with zero attached hydrogens (tertiary/aromatic N) is 3. The van der Waals surface area contributed by atoms with Gasteiger partial charge in [0.15, 0.2) is 0 Å². The van der Waals surface area contributed by atoms with Gasteiger partial charge in [-0.15, -0.1) is 0 Å². The zero-order chi connectivity index (χ0) is 18.7. The van der Waals surface area contributed by atoms with Crippen LogP contribution in [0.15, 0.2) is 24.3 Å². The minimum absolute atomic E-state index is 0.00201. The van der Waals surface area contributed by atoms with E-state index in [2.05, 4.69) is 15.9 Å². The Bertz CT molecular complexity index is 716. The Balaban J connectivity index is 1.32. The summed E-state index contributed by atoms with van der Waals surface area (Å²) in [6.07, 6.45) is 2.55. The second kappa shape index (κ2) is 7.97. The summed E-state index contributed by atoms with van der Waals surface area (Å²) in [4.78, 5) is 17.3. The highest BCUT2D eigenvalue weighted by Gasteiger charge is 2.50. The van der Waals surface area contributed by atoms with Crippen molar-refractivity contribution in [3.63, 3.8) is 0 Å². The standard InChI is InChI=1S/C21H27N3O3/c22-14-17-3-1-2-4-18(17)15-23-7-5-21(6-8-23)13-19(27-20(21)25)16-24-9-11-26-12-10-24/h1-4,19H,5-13,15-16H2. The van der Waals surface area contributed by atoms with Crippen molar-refractivity contribution in [2.45, 2.75) is 31.9 Å². The second-order valence-corrected chi connectivity index (χ2v) is 7.97. The van der Waals surface area contributed by atoms with E-state index in [1.165, 1.54) is 0 Å². The van der Waals surface area contributed by atoms with E-state index < -0.39 is 0 Å². The Labute approximate surface area is 160 Å². The van der Waals surface area contributed by atoms with Crippen LogP contribution in [0, 0.1) is 16.7 Å². The molecule has 0 aliphatic carbocycles. The molecule has 0 N–H and O–H groups in total. The van der Waals surface area contributed by atoms with Crippen LogP contribution in [0.25, 0.3) is 0 Å². The number of carbonyl (C=O) groups is 1. The maximum absolute atomic E-state index is 12.6. The van der Waals surface area contributed by atoms with Crippen molar-refractivity contribution in [2.24, 2.45) is 5.41 Å². The van der Waals surface area contributed by atoms with E-state index in [0.717, 1.165) is 82.9 Å². The van der Waals surface area contributed by atoms with Crippen molar-refractivity contribution in [1.82, 2.24) is 9.80 Å². The summed E-state index contributed by atoms with van der Waals surface area (Å²) in [5.74, 6) is -0.00201. The first-order chi connectivity index (χ1) is 13.2. The summed E-state index contributed by atoms with van der Waals surface area (Å²) in [5, 5.41) is 9.27. The lowest BCUT2D eigenvalue weighted by molar-refractivity contribution is -0.151. The molecule has 3 aliphatic rings. The largest absolute Gasteiger partial charge is 0.461 e. The lowest BCUT2D eigenvalue weighted by Gasteiger charge is -2.36. The fraction of sp³-hybridized carbons (Fsp3) is 0.619. The van der Waals surface area contributed by atoms with Crippen LogP contribution in [-0.2, 0) is 20.8 Å². The Morgan fingerprint density at radius 2 is 1.85 bits per heavy atom. The van der Waals surface area contributed by atoms with Crippen molar-refractivity contribution in [3.05, 3.63) is 35.4 Å². The van der Waals surface area contributed by atoms with E-state index in [-0.39, 0.29) is 17.5 Å². The SMILES string of the molecule is N#Cc1ccccc1CN1CCC2(CC1)CC(CN1CCOCC1)OC2=O. The molecule has 1 spiro atoms. The van der Waals surface area contributed by atoms with Gasteiger partial charge in [-0.3, -0.25) is 14.6 Å². The molecule has 6 nitrogen and oxygen atoms in total. The van der Waals surface area contributed by atoms with Gasteiger partial charge < -0.3 is 9.47 Å². The number of esters is 1. The number of rotatable bonds is 4. The van der Waals surface area contributed by atoms with Gasteiger partial charge in [0.05, 0.1) is 30.3 Å². The number of ether oxygens (including phenoxy) is 2. The summed E-state index contributed by atoms with van der Waals surface area (Å²) in [7, 11) is 0. The predicted molar refractivity (Wildman–Crippen MR) is 99.9 cm³/mol. The Hall–Kier alpha value is -1.94. The van der Waals surface area contributed by atoms with Crippen molar-refractivity contribution >= 4 is 5.97 Å². The number of hydrogen-bond acceptors (Lipinski definition) is 6. The molecule has 3 saturated heterocycles. The average Bonchev–Trinajstić information content (AvgIpc) is 2.99. The number of morpholine rings is 1. The normalized spacial score (nSPS) is 26.0. The Morgan fingerprint density at radius 1 is 1.11 bits per heavy atom. The van der Waals surface area contributed by atoms with Crippen LogP contribution in [0.5, 0.6) is 0 Å². The van der Waals surface area contributed by atoms with Gasteiger partial charge in [-0.1, -0.05) is 18.2 Å². The highest BCUT2D eigenvalue weighted by molar-refractivity contribution is 5.79. The first-order valence-electron chi connectivity index (χ1n) is 9.90. The summed E-state index contributed by atoms with van der Waals surface area (Å²) in [5.41, 5.74) is 1.50. The number of likely N-dealkylation sites (tertiary alicyclic amines) is 1. The molecule has 0 saturated carbocycles. The zero-order valence-corrected chi connectivity index (χ0v) is 15.7. The molecule has 4 rings (SSSR count). The van der Waals surface area contributed by atoms with Gasteiger partial charge in [-0.2, -0.15) is 5.26 Å². The predicted octanol–water partition coefficient (Wildman–Crippen LogP) is 1.79. The molecule has 6 heteroatoms. The number of carbonyl (C=O) groups excluding carboxylic acids is 1. The minimum atomic E-state index is -0.303. The van der Waals surface area contributed by atoms with E-state index in [1.807, 2.05) is 24.3 Å². The monoisotopic (exact) mass is 369 g/mol. The zero-order valence-electron chi connectivity index (χ0n) is 15.7. The lowest BCUT2D eigenvalue weighted by atomic mass is 9.76. The molecule has 1 aromatic carbocycles. The van der Waals surface area contributed by atoms with Crippen LogP contribution in [0.4, 0.5) is 0 Å². The van der Waals surface area contributed by atoms with Crippen LogP contribution >= 0.6 is 0 Å². The van der Waals surface area contributed by atoms with Gasteiger partial charge >= 0.3 is 5.97 Å². The molecule has 1 aromatic rings. The summed E-state index contributed by atoms with van der Waals surface area (Å²) in [6, 6.07) is 10.0. The Kier molecular flexibility index (Phi) is 5.44. The van der Waals surface area contributed by atoms with Gasteiger partial charge in [0.2, 0.25) is 0 Å². The van der Waals surface area contributed by atoms with Crippen molar-refractivity contribution < 1.29 is 14.3 Å². The first kappa shape index (κ1) is 18.4. The molecule has 0 amide bonds. The van der Waals surface area contributed by atoms with Gasteiger partial charge in [-0.25, -0.2) is 0 Å². The van der Waals surface area contributed by atoms with Gasteiger partial charge in [0, 0.05) is 32.6 Å². The lowest BCUT2D eigenvalue weighted by Crippen LogP contribution is -2.43. The first-order valence-corrected chi connectivity index (χ1v) is 9.90. The molecule has 3 fully saturated rings. The average molecular weight is 369 g/mol. The molecule has 0 radical (unpaired) electrons. The Morgan fingerprint density at radius 3 is 2.59 bits per heavy atom. The molecule has 1 atom stereocenters. The molecule has 1 unspecified atom stereocenters. The smallest absolute Gasteiger partial charge is 0.312 e. The molecule has 0 bridgehead atoms. The molecule has 3 heterocycles. The number of nitriles is 1. The number of benzene rings is 1. The third kappa shape index (κ3) is 4.01. The molecule has 144 valence electrons. The van der Waals surface area contributed by atoms with E-state index >= 15 is 0 Å². The van der Waals surface area contributed by atoms with Crippen LogP contribution < -0.4 is 0 Å². The number of cyclic esters (lactones) is 1. The molecular formula is C21H27N3O3. The van der Waals surface area contributed by atoms with Crippen LogP contribution in [-0.4, -0.2) is 67.8 Å². The third-order valence-corrected chi connectivity index (χ3v) is 6.24. The highest BCUT2D eigenvalue weighted by Crippen LogP contribution is 2.43. The van der Waals surface area contributed by atoms with Crippen molar-refractivity contribution in [3.8, 4) is 6.07 Å². The van der Waals surface area contributed by atoms with Gasteiger partial charge in [-0.05, 0) is 37.6 Å². The molecular weight excluding hydrogens is 342 g/mol. The van der Waals surface area contributed by atoms with Crippen molar-refractivity contribution in [2.75, 3.05) is 45.9 Å². The fourth-order valence-corrected chi connectivity index (χ4v) is 4.57. The molecule has 27 heavy (non-hydrogen) atoms. The highest BCUT2D eigenvalue weighted by atomic mass is 16.6. The number of piperidine rings is 1. The van der Waals surface area contributed by atoms with Crippen LogP contribution in [0.1, 0.15) is 30.4 Å². The molecule has 3 aliphatic heterocycles. The van der Waals surface area contributed by atoms with E-state index in [0.29, 0.717) is 0 Å². The number of hydrogen-bond donors (Lipinski definition) is 0. The maximum Gasteiger partial charge on any atom is 0.312 e. The summed E-state index contributed by atoms with van der Waals surface area (Å²) < 4.78 is 11.2. The second-order valence-electron chi connectivity index (χ2n) is 7.97. The summed E-state index contributed by atoms with van der Waals surface area (Å²) in [6.45, 7) is 6.73. The maximum atomic E-state index is 12.6. The van der Waals surface area contributed by atoms with Gasteiger partial charge in [0.1, 0.15) is 6.10 Å².